The van der Waals surface area contributed by atoms with Crippen LogP contribution in [-0.4, -0.2) is 25.0 Å². The zero-order valence-corrected chi connectivity index (χ0v) is 9.45. The Morgan fingerprint density at radius 1 is 1.38 bits per heavy atom. The van der Waals surface area contributed by atoms with E-state index in [1.54, 1.807) is 10.6 Å². The van der Waals surface area contributed by atoms with Gasteiger partial charge in [-0.1, -0.05) is 0 Å². The lowest BCUT2D eigenvalue weighted by Crippen LogP contribution is -1.97. The van der Waals surface area contributed by atoms with Gasteiger partial charge in [0.2, 0.25) is 0 Å². The average Bonchev–Trinajstić information content (AvgIpc) is 2.63. The van der Waals surface area contributed by atoms with Gasteiger partial charge in [-0.2, -0.15) is 5.10 Å². The predicted octanol–water partition coefficient (Wildman–Crippen LogP) is 2.04. The fourth-order valence-electron chi connectivity index (χ4n) is 1.49. The van der Waals surface area contributed by atoms with Gasteiger partial charge in [0.1, 0.15) is 0 Å². The zero-order chi connectivity index (χ0) is 11.7. The summed E-state index contributed by atoms with van der Waals surface area (Å²) in [6.45, 7) is 2.64. The number of phenolic OH excluding ortho intramolecular Hbond substituents is 2. The highest BCUT2D eigenvalue weighted by Crippen LogP contribution is 2.29. The Bertz CT molecular complexity index is 574. The molecular formula is C10H11N3O2S. The number of hydrogen-bond donors (Lipinski definition) is 3. The summed E-state index contributed by atoms with van der Waals surface area (Å²) in [5.74, 6) is 0.317. The van der Waals surface area contributed by atoms with E-state index in [0.717, 1.165) is 0 Å². The van der Waals surface area contributed by atoms with Crippen LogP contribution in [0.15, 0.2) is 18.2 Å². The van der Waals surface area contributed by atoms with E-state index in [2.05, 4.69) is 10.2 Å². The largest absolute Gasteiger partial charge is 0.504 e. The first-order chi connectivity index (χ1) is 7.63. The molecule has 0 unspecified atom stereocenters. The van der Waals surface area contributed by atoms with E-state index in [1.165, 1.54) is 12.1 Å². The van der Waals surface area contributed by atoms with E-state index in [-0.39, 0.29) is 11.5 Å². The molecular weight excluding hydrogens is 226 g/mol. The normalized spacial score (nSPS) is 10.6. The van der Waals surface area contributed by atoms with Crippen LogP contribution in [0.2, 0.25) is 0 Å². The summed E-state index contributed by atoms with van der Waals surface area (Å²) in [5.41, 5.74) is 0.699. The van der Waals surface area contributed by atoms with Crippen LogP contribution >= 0.6 is 12.2 Å². The van der Waals surface area contributed by atoms with Crippen LogP contribution in [0.25, 0.3) is 11.4 Å². The molecule has 0 atom stereocenters. The van der Waals surface area contributed by atoms with Crippen LogP contribution in [0.1, 0.15) is 6.92 Å². The first kappa shape index (κ1) is 10.7. The molecule has 6 heteroatoms. The monoisotopic (exact) mass is 237 g/mol. The second-order valence-corrected chi connectivity index (χ2v) is 3.69. The lowest BCUT2D eigenvalue weighted by molar-refractivity contribution is 0.404. The number of aromatic hydroxyl groups is 2. The van der Waals surface area contributed by atoms with Crippen molar-refractivity contribution >= 4 is 12.2 Å². The predicted molar refractivity (Wildman–Crippen MR) is 61.9 cm³/mol. The van der Waals surface area contributed by atoms with Crippen molar-refractivity contribution in [2.24, 2.45) is 0 Å². The molecule has 2 aromatic rings. The number of aromatic amines is 1. The minimum Gasteiger partial charge on any atom is -0.504 e. The summed E-state index contributed by atoms with van der Waals surface area (Å²) in [6, 6.07) is 4.54. The quantitative estimate of drug-likeness (QED) is 0.552. The highest BCUT2D eigenvalue weighted by molar-refractivity contribution is 7.71. The van der Waals surface area contributed by atoms with Crippen molar-refractivity contribution in [3.63, 3.8) is 0 Å². The average molecular weight is 237 g/mol. The summed E-state index contributed by atoms with van der Waals surface area (Å²) < 4.78 is 2.34. The molecule has 0 fully saturated rings. The third-order valence-corrected chi connectivity index (χ3v) is 2.62. The van der Waals surface area contributed by atoms with Crippen molar-refractivity contribution in [1.82, 2.24) is 14.8 Å². The molecule has 1 heterocycles. The number of rotatable bonds is 2. The molecule has 1 aromatic carbocycles. The fraction of sp³-hybridized carbons (Fsp3) is 0.200. The summed E-state index contributed by atoms with van der Waals surface area (Å²) in [4.78, 5) is 0. The highest BCUT2D eigenvalue weighted by atomic mass is 32.1. The van der Waals surface area contributed by atoms with Crippen molar-refractivity contribution in [2.45, 2.75) is 13.5 Å². The number of nitrogens with zero attached hydrogens (tertiary/aromatic N) is 2. The number of H-pyrrole nitrogens is 1. The summed E-state index contributed by atoms with van der Waals surface area (Å²) >= 11 is 5.06. The van der Waals surface area contributed by atoms with Gasteiger partial charge < -0.3 is 14.8 Å². The van der Waals surface area contributed by atoms with Crippen molar-refractivity contribution in [3.8, 4) is 22.9 Å². The number of nitrogens with one attached hydrogen (secondary N) is 1. The first-order valence-electron chi connectivity index (χ1n) is 4.81. The molecule has 2 rings (SSSR count). The molecule has 0 aliphatic heterocycles. The molecule has 0 bridgehead atoms. The molecule has 1 aromatic heterocycles. The fourth-order valence-corrected chi connectivity index (χ4v) is 1.76. The smallest absolute Gasteiger partial charge is 0.195 e. The summed E-state index contributed by atoms with van der Waals surface area (Å²) in [5, 5.41) is 25.4. The van der Waals surface area contributed by atoms with Crippen molar-refractivity contribution in [1.29, 1.82) is 0 Å². The van der Waals surface area contributed by atoms with Gasteiger partial charge in [-0.25, -0.2) is 0 Å². The van der Waals surface area contributed by atoms with E-state index >= 15 is 0 Å². The summed E-state index contributed by atoms with van der Waals surface area (Å²) in [7, 11) is 0. The molecule has 0 amide bonds. The standard InChI is InChI=1S/C10H11N3O2S/c1-2-13-9(11-12-10(13)16)6-3-4-7(14)8(15)5-6/h3-5,14-15H,2H2,1H3,(H,12,16). The topological polar surface area (TPSA) is 74.1 Å². The van der Waals surface area contributed by atoms with Crippen LogP contribution in [0, 0.1) is 4.77 Å². The van der Waals surface area contributed by atoms with E-state index in [1.807, 2.05) is 6.92 Å². The maximum atomic E-state index is 9.41. The molecule has 16 heavy (non-hydrogen) atoms. The van der Waals surface area contributed by atoms with Crippen molar-refractivity contribution in [2.75, 3.05) is 0 Å². The van der Waals surface area contributed by atoms with Gasteiger partial charge in [0.25, 0.3) is 0 Å². The third-order valence-electron chi connectivity index (χ3n) is 2.31. The number of aromatic nitrogens is 3. The molecule has 0 saturated carbocycles. The van der Waals surface area contributed by atoms with Crippen LogP contribution in [0.3, 0.4) is 0 Å². The second-order valence-electron chi connectivity index (χ2n) is 3.30. The Morgan fingerprint density at radius 2 is 2.12 bits per heavy atom. The number of benzene rings is 1. The summed E-state index contributed by atoms with van der Waals surface area (Å²) in [6.07, 6.45) is 0. The van der Waals surface area contributed by atoms with E-state index in [0.29, 0.717) is 22.7 Å². The minimum atomic E-state index is -0.172. The highest BCUT2D eigenvalue weighted by Gasteiger charge is 2.09. The Kier molecular flexibility index (Phi) is 2.66. The van der Waals surface area contributed by atoms with Crippen LogP contribution < -0.4 is 0 Å². The van der Waals surface area contributed by atoms with Gasteiger partial charge in [0.05, 0.1) is 0 Å². The van der Waals surface area contributed by atoms with Gasteiger partial charge in [-0.15, -0.1) is 0 Å². The molecule has 0 spiro atoms. The molecule has 0 aliphatic rings. The zero-order valence-electron chi connectivity index (χ0n) is 8.64. The van der Waals surface area contributed by atoms with Gasteiger partial charge in [0.15, 0.2) is 22.1 Å². The van der Waals surface area contributed by atoms with Crippen molar-refractivity contribution < 1.29 is 10.2 Å². The minimum absolute atomic E-state index is 0.152. The second kappa shape index (κ2) is 3.97. The van der Waals surface area contributed by atoms with Gasteiger partial charge in [-0.3, -0.25) is 5.10 Å². The number of phenols is 2. The third kappa shape index (κ3) is 1.67. The van der Waals surface area contributed by atoms with E-state index in [4.69, 9.17) is 12.2 Å². The SMILES string of the molecule is CCn1c(-c2ccc(O)c(O)c2)n[nH]c1=S. The Hall–Kier alpha value is -1.82. The Labute approximate surface area is 97.0 Å². The van der Waals surface area contributed by atoms with Crippen LogP contribution in [-0.2, 0) is 6.54 Å². The molecule has 0 radical (unpaired) electrons. The van der Waals surface area contributed by atoms with Gasteiger partial charge in [0, 0.05) is 12.1 Å². The maximum Gasteiger partial charge on any atom is 0.195 e. The lowest BCUT2D eigenvalue weighted by Gasteiger charge is -2.04. The maximum absolute atomic E-state index is 9.41. The Balaban J connectivity index is 2.58. The van der Waals surface area contributed by atoms with E-state index in [9.17, 15) is 10.2 Å². The van der Waals surface area contributed by atoms with Crippen LogP contribution in [0.5, 0.6) is 11.5 Å². The molecule has 84 valence electrons. The van der Waals surface area contributed by atoms with Crippen molar-refractivity contribution in [3.05, 3.63) is 23.0 Å². The van der Waals surface area contributed by atoms with Gasteiger partial charge in [-0.05, 0) is 37.3 Å². The Morgan fingerprint density at radius 3 is 2.75 bits per heavy atom. The molecule has 0 saturated heterocycles. The molecule has 5 nitrogen and oxygen atoms in total. The lowest BCUT2D eigenvalue weighted by atomic mass is 10.2. The first-order valence-corrected chi connectivity index (χ1v) is 5.22. The number of hydrogen-bond acceptors (Lipinski definition) is 4. The van der Waals surface area contributed by atoms with Crippen LogP contribution in [0.4, 0.5) is 0 Å². The van der Waals surface area contributed by atoms with Gasteiger partial charge >= 0.3 is 0 Å². The molecule has 3 N–H and O–H groups in total. The van der Waals surface area contributed by atoms with E-state index < -0.39 is 0 Å². The molecule has 0 aliphatic carbocycles.